The zero-order valence-corrected chi connectivity index (χ0v) is 10.5. The van der Waals surface area contributed by atoms with Gasteiger partial charge in [-0.25, -0.2) is 0 Å². The van der Waals surface area contributed by atoms with Crippen LogP contribution in [0.3, 0.4) is 0 Å². The first-order valence-electron chi connectivity index (χ1n) is 6.19. The van der Waals surface area contributed by atoms with Gasteiger partial charge in [-0.1, -0.05) is 23.7 Å². The molecule has 2 heterocycles. The maximum Gasteiger partial charge on any atom is 0.0754 e. The van der Waals surface area contributed by atoms with Crippen molar-refractivity contribution in [2.75, 3.05) is 6.61 Å². The molecule has 1 atom stereocenters. The summed E-state index contributed by atoms with van der Waals surface area (Å²) in [6.45, 7) is 1.81. The minimum atomic E-state index is 0.343. The van der Waals surface area contributed by atoms with Crippen molar-refractivity contribution in [3.8, 4) is 0 Å². The Morgan fingerprint density at radius 2 is 2.24 bits per heavy atom. The monoisotopic (exact) mass is 249 g/mol. The molecule has 1 aromatic carbocycles. The van der Waals surface area contributed by atoms with E-state index >= 15 is 0 Å². The maximum absolute atomic E-state index is 6.26. The van der Waals surface area contributed by atoms with Gasteiger partial charge in [0.05, 0.1) is 16.6 Å². The van der Waals surface area contributed by atoms with Gasteiger partial charge in [-0.15, -0.1) is 0 Å². The second-order valence-corrected chi connectivity index (χ2v) is 5.04. The molecule has 17 heavy (non-hydrogen) atoms. The lowest BCUT2D eigenvalue weighted by Crippen LogP contribution is -2.24. The van der Waals surface area contributed by atoms with Crippen molar-refractivity contribution in [3.05, 3.63) is 35.5 Å². The third-order valence-corrected chi connectivity index (χ3v) is 3.72. The molecular weight excluding hydrogens is 234 g/mol. The predicted molar refractivity (Wildman–Crippen MR) is 70.5 cm³/mol. The van der Waals surface area contributed by atoms with Crippen molar-refractivity contribution in [2.24, 2.45) is 0 Å². The van der Waals surface area contributed by atoms with Gasteiger partial charge in [-0.2, -0.15) is 0 Å². The standard InChI is InChI=1S/C14H16ClNO/c15-13-6-3-4-11-7-8-16(14(11)13)10-12-5-1-2-9-17-12/h3-4,6-8,12H,1-2,5,9-10H2. The van der Waals surface area contributed by atoms with Gasteiger partial charge in [0.1, 0.15) is 0 Å². The SMILES string of the molecule is Clc1cccc2ccn(CC3CCCCO3)c12. The summed E-state index contributed by atoms with van der Waals surface area (Å²) in [5, 5.41) is 2.02. The van der Waals surface area contributed by atoms with E-state index in [1.807, 2.05) is 12.1 Å². The van der Waals surface area contributed by atoms with Crippen LogP contribution in [0.25, 0.3) is 10.9 Å². The molecule has 0 saturated carbocycles. The normalized spacial score (nSPS) is 20.9. The highest BCUT2D eigenvalue weighted by Crippen LogP contribution is 2.25. The Balaban J connectivity index is 1.89. The highest BCUT2D eigenvalue weighted by molar-refractivity contribution is 6.35. The van der Waals surface area contributed by atoms with E-state index in [4.69, 9.17) is 16.3 Å². The Hall–Kier alpha value is -0.990. The zero-order chi connectivity index (χ0) is 11.7. The molecule has 0 N–H and O–H groups in total. The molecule has 1 saturated heterocycles. The Labute approximate surface area is 106 Å². The van der Waals surface area contributed by atoms with Gasteiger partial charge in [0, 0.05) is 24.7 Å². The van der Waals surface area contributed by atoms with Gasteiger partial charge in [-0.3, -0.25) is 0 Å². The minimum Gasteiger partial charge on any atom is -0.376 e. The van der Waals surface area contributed by atoms with Crippen LogP contribution in [0, 0.1) is 0 Å². The Morgan fingerprint density at radius 1 is 1.29 bits per heavy atom. The molecule has 1 aromatic heterocycles. The summed E-state index contributed by atoms with van der Waals surface area (Å²) in [4.78, 5) is 0. The van der Waals surface area contributed by atoms with E-state index in [-0.39, 0.29) is 0 Å². The molecule has 0 bridgehead atoms. The molecule has 0 aliphatic carbocycles. The summed E-state index contributed by atoms with van der Waals surface area (Å²) in [6, 6.07) is 8.15. The Morgan fingerprint density at radius 3 is 3.06 bits per heavy atom. The fourth-order valence-corrected chi connectivity index (χ4v) is 2.83. The van der Waals surface area contributed by atoms with Crippen molar-refractivity contribution in [1.82, 2.24) is 4.57 Å². The van der Waals surface area contributed by atoms with Crippen LogP contribution in [0.15, 0.2) is 30.5 Å². The van der Waals surface area contributed by atoms with E-state index in [1.165, 1.54) is 18.2 Å². The lowest BCUT2D eigenvalue weighted by Gasteiger charge is -2.23. The first-order chi connectivity index (χ1) is 8.34. The van der Waals surface area contributed by atoms with Crippen LogP contribution in [-0.2, 0) is 11.3 Å². The minimum absolute atomic E-state index is 0.343. The molecular formula is C14H16ClNO. The average molecular weight is 250 g/mol. The summed E-state index contributed by atoms with van der Waals surface area (Å²) in [5.41, 5.74) is 1.13. The van der Waals surface area contributed by atoms with Gasteiger partial charge in [0.15, 0.2) is 0 Å². The number of halogens is 1. The quantitative estimate of drug-likeness (QED) is 0.788. The lowest BCUT2D eigenvalue weighted by molar-refractivity contribution is 0.00670. The van der Waals surface area contributed by atoms with Gasteiger partial charge >= 0.3 is 0 Å². The number of nitrogens with zero attached hydrogens (tertiary/aromatic N) is 1. The van der Waals surface area contributed by atoms with E-state index in [0.29, 0.717) is 6.10 Å². The van der Waals surface area contributed by atoms with Crippen molar-refractivity contribution in [2.45, 2.75) is 31.9 Å². The van der Waals surface area contributed by atoms with Crippen molar-refractivity contribution in [3.63, 3.8) is 0 Å². The lowest BCUT2D eigenvalue weighted by atomic mass is 10.1. The van der Waals surface area contributed by atoms with Gasteiger partial charge < -0.3 is 9.30 Å². The summed E-state index contributed by atoms with van der Waals surface area (Å²) < 4.78 is 7.99. The molecule has 1 aliphatic heterocycles. The molecule has 0 amide bonds. The van der Waals surface area contributed by atoms with Crippen molar-refractivity contribution in [1.29, 1.82) is 0 Å². The topological polar surface area (TPSA) is 14.2 Å². The van der Waals surface area contributed by atoms with E-state index in [2.05, 4.69) is 22.9 Å². The van der Waals surface area contributed by atoms with Crippen LogP contribution in [0.5, 0.6) is 0 Å². The molecule has 0 spiro atoms. The molecule has 1 unspecified atom stereocenters. The van der Waals surface area contributed by atoms with Crippen LogP contribution in [0.2, 0.25) is 5.02 Å². The molecule has 3 heteroatoms. The number of aromatic nitrogens is 1. The van der Waals surface area contributed by atoms with Gasteiger partial charge in [0.25, 0.3) is 0 Å². The summed E-state index contributed by atoms with van der Waals surface area (Å²) in [5.74, 6) is 0. The van der Waals surface area contributed by atoms with Crippen LogP contribution >= 0.6 is 11.6 Å². The molecule has 3 rings (SSSR count). The van der Waals surface area contributed by atoms with Gasteiger partial charge in [0.2, 0.25) is 0 Å². The molecule has 2 aromatic rings. The number of rotatable bonds is 2. The smallest absolute Gasteiger partial charge is 0.0754 e. The highest BCUT2D eigenvalue weighted by Gasteiger charge is 2.15. The third-order valence-electron chi connectivity index (χ3n) is 3.41. The molecule has 1 fully saturated rings. The molecule has 2 nitrogen and oxygen atoms in total. The number of hydrogen-bond acceptors (Lipinski definition) is 1. The van der Waals surface area contributed by atoms with Gasteiger partial charge in [-0.05, 0) is 31.4 Å². The van der Waals surface area contributed by atoms with Crippen LogP contribution in [0.4, 0.5) is 0 Å². The van der Waals surface area contributed by atoms with E-state index in [1.54, 1.807) is 0 Å². The third kappa shape index (κ3) is 2.20. The van der Waals surface area contributed by atoms with Crippen LogP contribution < -0.4 is 0 Å². The second-order valence-electron chi connectivity index (χ2n) is 4.63. The number of para-hydroxylation sites is 1. The van der Waals surface area contributed by atoms with Crippen LogP contribution in [-0.4, -0.2) is 17.3 Å². The van der Waals surface area contributed by atoms with E-state index < -0.39 is 0 Å². The fraction of sp³-hybridized carbons (Fsp3) is 0.429. The van der Waals surface area contributed by atoms with Crippen LogP contribution in [0.1, 0.15) is 19.3 Å². The summed E-state index contributed by atoms with van der Waals surface area (Å²) >= 11 is 6.26. The summed E-state index contributed by atoms with van der Waals surface area (Å²) in [7, 11) is 0. The number of ether oxygens (including phenoxy) is 1. The maximum atomic E-state index is 6.26. The Bertz CT molecular complexity index is 514. The number of hydrogen-bond donors (Lipinski definition) is 0. The molecule has 1 aliphatic rings. The largest absolute Gasteiger partial charge is 0.376 e. The van der Waals surface area contributed by atoms with Crippen molar-refractivity contribution < 1.29 is 4.74 Å². The fourth-order valence-electron chi connectivity index (χ4n) is 2.54. The first-order valence-corrected chi connectivity index (χ1v) is 6.57. The van der Waals surface area contributed by atoms with E-state index in [9.17, 15) is 0 Å². The number of fused-ring (bicyclic) bond motifs is 1. The van der Waals surface area contributed by atoms with E-state index in [0.717, 1.165) is 30.1 Å². The molecule has 0 radical (unpaired) electrons. The summed E-state index contributed by atoms with van der Waals surface area (Å²) in [6.07, 6.45) is 6.08. The second kappa shape index (κ2) is 4.71. The predicted octanol–water partition coefficient (Wildman–Crippen LogP) is 3.86. The zero-order valence-electron chi connectivity index (χ0n) is 9.73. The van der Waals surface area contributed by atoms with Crippen molar-refractivity contribution >= 4 is 22.5 Å². The molecule has 90 valence electrons. The average Bonchev–Trinajstić information content (AvgIpc) is 2.75. The number of benzene rings is 1. The first kappa shape index (κ1) is 11.1. The Kier molecular flexibility index (Phi) is 3.08. The highest BCUT2D eigenvalue weighted by atomic mass is 35.5.